The van der Waals surface area contributed by atoms with Gasteiger partial charge in [0.25, 0.3) is 5.91 Å². The van der Waals surface area contributed by atoms with Gasteiger partial charge in [-0.3, -0.25) is 4.79 Å². The van der Waals surface area contributed by atoms with Gasteiger partial charge in [0.15, 0.2) is 0 Å². The van der Waals surface area contributed by atoms with Gasteiger partial charge in [0, 0.05) is 41.5 Å². The van der Waals surface area contributed by atoms with Gasteiger partial charge in [0.1, 0.15) is 0 Å². The summed E-state index contributed by atoms with van der Waals surface area (Å²) in [4.78, 5) is 13.7. The zero-order valence-corrected chi connectivity index (χ0v) is 15.1. The van der Waals surface area contributed by atoms with E-state index in [1.54, 1.807) is 11.3 Å². The van der Waals surface area contributed by atoms with Crippen LogP contribution in [-0.2, 0) is 4.74 Å². The normalized spacial score (nSPS) is 28.2. The third-order valence-electron chi connectivity index (χ3n) is 5.74. The summed E-state index contributed by atoms with van der Waals surface area (Å²) in [5.41, 5.74) is 0.858. The molecule has 1 saturated heterocycles. The second-order valence-corrected chi connectivity index (χ2v) is 8.55. The van der Waals surface area contributed by atoms with E-state index >= 15 is 0 Å². The second-order valence-electron chi connectivity index (χ2n) is 7.61. The Morgan fingerprint density at radius 3 is 2.79 bits per heavy atom. The van der Waals surface area contributed by atoms with Crippen molar-refractivity contribution in [3.63, 3.8) is 0 Å². The first kappa shape index (κ1) is 16.6. The molecule has 2 unspecified atom stereocenters. The molecule has 3 aliphatic rings. The fraction of sp³-hybridized carbons (Fsp3) is 0.737. The maximum Gasteiger partial charge on any atom is 0.252 e. The quantitative estimate of drug-likeness (QED) is 0.829. The lowest BCUT2D eigenvalue weighted by Crippen LogP contribution is -2.32. The van der Waals surface area contributed by atoms with E-state index in [0.29, 0.717) is 18.0 Å². The largest absolute Gasteiger partial charge is 0.381 e. The Hall–Kier alpha value is -0.910. The van der Waals surface area contributed by atoms with E-state index < -0.39 is 0 Å². The van der Waals surface area contributed by atoms with Crippen molar-refractivity contribution in [2.24, 2.45) is 5.92 Å². The average molecular weight is 349 g/mol. The van der Waals surface area contributed by atoms with Crippen molar-refractivity contribution in [1.82, 2.24) is 10.6 Å². The van der Waals surface area contributed by atoms with Crippen LogP contribution in [0.4, 0.5) is 0 Å². The molecule has 2 atom stereocenters. The van der Waals surface area contributed by atoms with Crippen LogP contribution in [0.2, 0.25) is 0 Å². The summed E-state index contributed by atoms with van der Waals surface area (Å²) >= 11 is 1.75. The Labute approximate surface area is 148 Å². The van der Waals surface area contributed by atoms with Gasteiger partial charge in [0.2, 0.25) is 0 Å². The highest BCUT2D eigenvalue weighted by Crippen LogP contribution is 2.43. The molecule has 132 valence electrons. The van der Waals surface area contributed by atoms with Crippen molar-refractivity contribution in [1.29, 1.82) is 0 Å². The Balaban J connectivity index is 1.24. The van der Waals surface area contributed by atoms with Crippen LogP contribution in [0.25, 0.3) is 0 Å². The number of ether oxygens (including phenoxy) is 1. The lowest BCUT2D eigenvalue weighted by Gasteiger charge is -2.22. The molecule has 24 heavy (non-hydrogen) atoms. The first-order valence-corrected chi connectivity index (χ1v) is 10.4. The molecule has 2 N–H and O–H groups in total. The monoisotopic (exact) mass is 348 g/mol. The zero-order valence-electron chi connectivity index (χ0n) is 14.3. The summed E-state index contributed by atoms with van der Waals surface area (Å²) < 4.78 is 5.42. The van der Waals surface area contributed by atoms with Crippen molar-refractivity contribution < 1.29 is 9.53 Å². The summed E-state index contributed by atoms with van der Waals surface area (Å²) in [7, 11) is 0. The Kier molecular flexibility index (Phi) is 5.20. The molecule has 1 aromatic rings. The molecule has 1 aliphatic heterocycles. The fourth-order valence-corrected chi connectivity index (χ4v) is 5.08. The highest BCUT2D eigenvalue weighted by molar-refractivity contribution is 7.10. The minimum absolute atomic E-state index is 0.122. The lowest BCUT2D eigenvalue weighted by atomic mass is 10.0. The van der Waals surface area contributed by atoms with Gasteiger partial charge in [-0.1, -0.05) is 12.8 Å². The fourth-order valence-electron chi connectivity index (χ4n) is 4.01. The van der Waals surface area contributed by atoms with Gasteiger partial charge in [-0.25, -0.2) is 0 Å². The number of carbonyl (C=O) groups excluding carboxylic acids is 1. The summed E-state index contributed by atoms with van der Waals surface area (Å²) in [5.74, 6) is 1.51. The molecule has 0 spiro atoms. The van der Waals surface area contributed by atoms with Crippen LogP contribution in [0, 0.1) is 5.92 Å². The van der Waals surface area contributed by atoms with Crippen LogP contribution in [0.3, 0.4) is 0 Å². The molecule has 2 aliphatic carbocycles. The second kappa shape index (κ2) is 7.54. The third-order valence-corrected chi connectivity index (χ3v) is 6.80. The summed E-state index contributed by atoms with van der Waals surface area (Å²) in [6, 6.07) is 3.13. The van der Waals surface area contributed by atoms with E-state index in [4.69, 9.17) is 4.74 Å². The SMILES string of the molecule is O=C(NC1CCCC1)c1csc(C2CC2NCC2CCOCC2)c1. The van der Waals surface area contributed by atoms with E-state index in [0.717, 1.165) is 44.1 Å². The standard InChI is InChI=1S/C19H28N2O2S/c22-19(21-15-3-1-2-4-15)14-9-18(24-12-14)16-10-17(16)20-11-13-5-7-23-8-6-13/h9,12-13,15-17,20H,1-8,10-11H2,(H,21,22). The minimum atomic E-state index is 0.122. The van der Waals surface area contributed by atoms with Gasteiger partial charge >= 0.3 is 0 Å². The van der Waals surface area contributed by atoms with E-state index in [2.05, 4.69) is 16.7 Å². The molecule has 2 heterocycles. The lowest BCUT2D eigenvalue weighted by molar-refractivity contribution is 0.0662. The van der Waals surface area contributed by atoms with Gasteiger partial charge in [0.05, 0.1) is 5.56 Å². The molecule has 4 nitrogen and oxygen atoms in total. The number of carbonyl (C=O) groups is 1. The molecular weight excluding hydrogens is 320 g/mol. The number of thiophene rings is 1. The van der Waals surface area contributed by atoms with E-state index in [-0.39, 0.29) is 5.91 Å². The van der Waals surface area contributed by atoms with Crippen molar-refractivity contribution in [2.75, 3.05) is 19.8 Å². The number of hydrogen-bond acceptors (Lipinski definition) is 4. The van der Waals surface area contributed by atoms with Gasteiger partial charge < -0.3 is 15.4 Å². The molecule has 5 heteroatoms. The Morgan fingerprint density at radius 2 is 2.00 bits per heavy atom. The van der Waals surface area contributed by atoms with Crippen molar-refractivity contribution in [3.8, 4) is 0 Å². The van der Waals surface area contributed by atoms with E-state index in [1.807, 2.05) is 5.38 Å². The van der Waals surface area contributed by atoms with Crippen molar-refractivity contribution in [3.05, 3.63) is 21.9 Å². The minimum Gasteiger partial charge on any atom is -0.381 e. The number of nitrogens with one attached hydrogen (secondary N) is 2. The van der Waals surface area contributed by atoms with Crippen LogP contribution in [0.15, 0.2) is 11.4 Å². The number of hydrogen-bond donors (Lipinski definition) is 2. The Morgan fingerprint density at radius 1 is 1.21 bits per heavy atom. The van der Waals surface area contributed by atoms with Crippen molar-refractivity contribution >= 4 is 17.2 Å². The summed E-state index contributed by atoms with van der Waals surface area (Å²) in [5, 5.41) is 8.95. The molecule has 2 saturated carbocycles. The molecule has 3 fully saturated rings. The molecular formula is C19H28N2O2S. The maximum absolute atomic E-state index is 12.3. The molecule has 1 amide bonds. The topological polar surface area (TPSA) is 50.4 Å². The molecule has 1 aromatic heterocycles. The highest BCUT2D eigenvalue weighted by atomic mass is 32.1. The van der Waals surface area contributed by atoms with Crippen molar-refractivity contribution in [2.45, 2.75) is 62.9 Å². The number of rotatable bonds is 6. The average Bonchev–Trinajstić information content (AvgIpc) is 3.01. The first-order valence-electron chi connectivity index (χ1n) is 9.50. The van der Waals surface area contributed by atoms with Crippen LogP contribution in [-0.4, -0.2) is 37.7 Å². The summed E-state index contributed by atoms with van der Waals surface area (Å²) in [6.45, 7) is 2.96. The van der Waals surface area contributed by atoms with Crippen LogP contribution >= 0.6 is 11.3 Å². The first-order chi connectivity index (χ1) is 11.8. The van der Waals surface area contributed by atoms with Crippen LogP contribution in [0.5, 0.6) is 0 Å². The number of amides is 1. The predicted molar refractivity (Wildman–Crippen MR) is 96.7 cm³/mol. The predicted octanol–water partition coefficient (Wildman–Crippen LogP) is 3.29. The third kappa shape index (κ3) is 4.01. The zero-order chi connectivity index (χ0) is 16.4. The Bertz CT molecular complexity index is 561. The van der Waals surface area contributed by atoms with Gasteiger partial charge in [-0.15, -0.1) is 11.3 Å². The van der Waals surface area contributed by atoms with Gasteiger partial charge in [-0.05, 0) is 50.6 Å². The van der Waals surface area contributed by atoms with E-state index in [9.17, 15) is 4.79 Å². The molecule has 0 aromatic carbocycles. The van der Waals surface area contributed by atoms with Crippen LogP contribution < -0.4 is 10.6 Å². The maximum atomic E-state index is 12.3. The summed E-state index contributed by atoms with van der Waals surface area (Å²) in [6.07, 6.45) is 8.38. The molecule has 0 radical (unpaired) electrons. The van der Waals surface area contributed by atoms with Crippen LogP contribution in [0.1, 0.15) is 66.1 Å². The molecule has 0 bridgehead atoms. The van der Waals surface area contributed by atoms with Gasteiger partial charge in [-0.2, -0.15) is 0 Å². The van der Waals surface area contributed by atoms with E-state index in [1.165, 1.54) is 37.0 Å². The molecule has 4 rings (SSSR count). The smallest absolute Gasteiger partial charge is 0.252 e. The highest BCUT2D eigenvalue weighted by Gasteiger charge is 2.39.